The summed E-state index contributed by atoms with van der Waals surface area (Å²) in [5, 5.41) is 11.4. The number of fused-ring (bicyclic) bond motifs is 3. The minimum absolute atomic E-state index is 0.00709. The van der Waals surface area contributed by atoms with E-state index in [9.17, 15) is 17.9 Å². The highest BCUT2D eigenvalue weighted by molar-refractivity contribution is 7.91. The SMILES string of the molecule is C#Cc1c(F)ccc2cc(O)cc(-c3ncc4c(N5CCCOCC5)nc(OCC56CCCC5N(C5CC(S(C)(=O)=O)C5)CCC6)nc4c3F)c12. The molecule has 0 spiro atoms. The third kappa shape index (κ3) is 6.05. The van der Waals surface area contributed by atoms with Gasteiger partial charge in [-0.1, -0.05) is 18.4 Å². The van der Waals surface area contributed by atoms with Gasteiger partial charge in [-0.05, 0) is 75.1 Å². The van der Waals surface area contributed by atoms with E-state index < -0.39 is 21.5 Å². The maximum atomic E-state index is 16.9. The number of hydrogen-bond donors (Lipinski definition) is 1. The van der Waals surface area contributed by atoms with Crippen LogP contribution in [0.2, 0.25) is 0 Å². The number of ether oxygens (including phenoxy) is 2. The van der Waals surface area contributed by atoms with E-state index in [1.165, 1.54) is 36.7 Å². The number of benzene rings is 2. The number of pyridine rings is 1. The molecular formula is C38H41F2N5O5S. The van der Waals surface area contributed by atoms with Crippen LogP contribution in [0.4, 0.5) is 14.6 Å². The molecule has 2 saturated carbocycles. The molecule has 4 aromatic rings. The lowest BCUT2D eigenvalue weighted by Crippen LogP contribution is -2.60. The molecule has 10 nitrogen and oxygen atoms in total. The van der Waals surface area contributed by atoms with E-state index in [0.29, 0.717) is 62.3 Å². The first kappa shape index (κ1) is 34.0. The summed E-state index contributed by atoms with van der Waals surface area (Å²) in [6.07, 6.45) is 15.6. The number of hydrogen-bond acceptors (Lipinski definition) is 10. The quantitative estimate of drug-likeness (QED) is 0.241. The van der Waals surface area contributed by atoms with Crippen molar-refractivity contribution in [1.82, 2.24) is 19.9 Å². The lowest BCUT2D eigenvalue weighted by molar-refractivity contribution is -0.0390. The number of sulfone groups is 1. The monoisotopic (exact) mass is 717 g/mol. The Labute approximate surface area is 296 Å². The molecule has 2 aliphatic heterocycles. The average Bonchev–Trinajstić information content (AvgIpc) is 3.33. The summed E-state index contributed by atoms with van der Waals surface area (Å²) in [7, 11) is -3.05. The fraction of sp³-hybridized carbons (Fsp3) is 0.500. The molecular weight excluding hydrogens is 677 g/mol. The van der Waals surface area contributed by atoms with E-state index in [1.807, 2.05) is 4.90 Å². The van der Waals surface area contributed by atoms with Crippen LogP contribution in [0.3, 0.4) is 0 Å². The fourth-order valence-corrected chi connectivity index (χ4v) is 10.1. The van der Waals surface area contributed by atoms with Crippen molar-refractivity contribution in [2.75, 3.05) is 50.6 Å². The molecule has 268 valence electrons. The first-order valence-electron chi connectivity index (χ1n) is 17.7. The molecule has 2 saturated heterocycles. The van der Waals surface area contributed by atoms with Crippen LogP contribution in [0.25, 0.3) is 32.9 Å². The van der Waals surface area contributed by atoms with Gasteiger partial charge in [-0.15, -0.1) is 6.42 Å². The van der Waals surface area contributed by atoms with E-state index >= 15 is 4.39 Å². The highest BCUT2D eigenvalue weighted by atomic mass is 32.2. The van der Waals surface area contributed by atoms with Crippen LogP contribution in [0.5, 0.6) is 11.8 Å². The Kier molecular flexibility index (Phi) is 8.75. The molecule has 8 rings (SSSR count). The molecule has 4 fully saturated rings. The predicted molar refractivity (Wildman–Crippen MR) is 191 cm³/mol. The van der Waals surface area contributed by atoms with Crippen molar-refractivity contribution in [3.8, 4) is 35.4 Å². The van der Waals surface area contributed by atoms with E-state index in [-0.39, 0.29) is 62.2 Å². The van der Waals surface area contributed by atoms with Crippen LogP contribution in [0.1, 0.15) is 56.9 Å². The zero-order chi connectivity index (χ0) is 35.5. The van der Waals surface area contributed by atoms with Gasteiger partial charge in [-0.25, -0.2) is 17.2 Å². The molecule has 2 aromatic heterocycles. The van der Waals surface area contributed by atoms with Gasteiger partial charge in [-0.2, -0.15) is 9.97 Å². The highest BCUT2D eigenvalue weighted by Crippen LogP contribution is 2.50. The molecule has 13 heteroatoms. The standard InChI is InChI=1S/C38H41F2N5O5S/c1-3-27-30(39)9-8-23-17-25(46)20-28(32(23)27)34-33(40)35-29(21-41-34)36(44-12-6-15-49-16-14-44)43-37(42-35)50-22-38-10-4-7-31(38)45(13-5-11-38)24-18-26(19-24)51(2,47)48/h1,8-9,17,20-21,24,26,31,46H,4-7,10-16,18-19,22H2,2H3. The fourth-order valence-electron chi connectivity index (χ4n) is 8.97. The molecule has 51 heavy (non-hydrogen) atoms. The van der Waals surface area contributed by atoms with Crippen molar-refractivity contribution >= 4 is 37.3 Å². The summed E-state index contributed by atoms with van der Waals surface area (Å²) in [5.74, 6) is 1.32. The Morgan fingerprint density at radius 2 is 1.92 bits per heavy atom. The van der Waals surface area contributed by atoms with Gasteiger partial charge in [0.1, 0.15) is 38.4 Å². The van der Waals surface area contributed by atoms with Gasteiger partial charge in [0.05, 0.1) is 29.4 Å². The zero-order valence-corrected chi connectivity index (χ0v) is 29.4. The number of phenolic OH excluding ortho intramolecular Hbond substituents is 1. The first-order chi connectivity index (χ1) is 24.6. The summed E-state index contributed by atoms with van der Waals surface area (Å²) in [6.45, 7) is 3.54. The van der Waals surface area contributed by atoms with Gasteiger partial charge in [-0.3, -0.25) is 9.88 Å². The number of aromatic nitrogens is 3. The Hall–Kier alpha value is -4.12. The third-order valence-electron chi connectivity index (χ3n) is 11.6. The van der Waals surface area contributed by atoms with E-state index in [2.05, 4.69) is 20.8 Å². The Morgan fingerprint density at radius 1 is 1.10 bits per heavy atom. The van der Waals surface area contributed by atoms with Crippen molar-refractivity contribution in [2.24, 2.45) is 5.41 Å². The van der Waals surface area contributed by atoms with Gasteiger partial charge in [0.15, 0.2) is 5.82 Å². The lowest BCUT2D eigenvalue weighted by atomic mass is 9.73. The number of phenols is 1. The number of likely N-dealkylation sites (tertiary alicyclic amines) is 1. The van der Waals surface area contributed by atoms with Crippen molar-refractivity contribution in [3.05, 3.63) is 47.7 Å². The second kappa shape index (κ2) is 13.1. The van der Waals surface area contributed by atoms with E-state index in [1.54, 1.807) is 0 Å². The average molecular weight is 718 g/mol. The third-order valence-corrected chi connectivity index (χ3v) is 13.2. The first-order valence-corrected chi connectivity index (χ1v) is 19.7. The van der Waals surface area contributed by atoms with Crippen LogP contribution in [0.15, 0.2) is 30.5 Å². The number of terminal acetylenes is 1. The van der Waals surface area contributed by atoms with Gasteiger partial charge < -0.3 is 19.5 Å². The number of nitrogens with zero attached hydrogens (tertiary/aromatic N) is 5. The van der Waals surface area contributed by atoms with Crippen molar-refractivity contribution in [3.63, 3.8) is 0 Å². The predicted octanol–water partition coefficient (Wildman–Crippen LogP) is 5.63. The summed E-state index contributed by atoms with van der Waals surface area (Å²) in [4.78, 5) is 18.6. The highest BCUT2D eigenvalue weighted by Gasteiger charge is 2.52. The number of anilines is 1. The van der Waals surface area contributed by atoms with Gasteiger partial charge in [0.25, 0.3) is 0 Å². The molecule has 0 bridgehead atoms. The molecule has 2 unspecified atom stereocenters. The minimum atomic E-state index is -3.05. The lowest BCUT2D eigenvalue weighted by Gasteiger charge is -2.53. The molecule has 4 heterocycles. The molecule has 1 N–H and O–H groups in total. The zero-order valence-electron chi connectivity index (χ0n) is 28.6. The Balaban J connectivity index is 1.18. The van der Waals surface area contributed by atoms with Crippen LogP contribution >= 0.6 is 0 Å². The molecule has 2 aliphatic carbocycles. The number of piperidine rings is 1. The summed E-state index contributed by atoms with van der Waals surface area (Å²) in [6, 6.07) is 6.04. The largest absolute Gasteiger partial charge is 0.508 e. The van der Waals surface area contributed by atoms with Crippen LogP contribution in [0, 0.1) is 29.4 Å². The van der Waals surface area contributed by atoms with Gasteiger partial charge in [0, 0.05) is 60.6 Å². The van der Waals surface area contributed by atoms with Crippen molar-refractivity contribution in [1.29, 1.82) is 0 Å². The van der Waals surface area contributed by atoms with E-state index in [0.717, 1.165) is 45.1 Å². The number of aromatic hydroxyl groups is 1. The Bertz CT molecular complexity index is 2160. The number of rotatable bonds is 7. The van der Waals surface area contributed by atoms with Gasteiger partial charge >= 0.3 is 6.01 Å². The second-order valence-electron chi connectivity index (χ2n) is 14.6. The summed E-state index contributed by atoms with van der Waals surface area (Å²) in [5.41, 5.74) is -0.201. The molecule has 2 atom stereocenters. The topological polar surface area (TPSA) is 118 Å². The number of halogens is 2. The maximum absolute atomic E-state index is 16.9. The summed E-state index contributed by atoms with van der Waals surface area (Å²) < 4.78 is 68.4. The second-order valence-corrected chi connectivity index (χ2v) is 16.9. The van der Waals surface area contributed by atoms with Crippen LogP contribution in [-0.2, 0) is 14.6 Å². The maximum Gasteiger partial charge on any atom is 0.319 e. The van der Waals surface area contributed by atoms with Crippen LogP contribution < -0.4 is 9.64 Å². The molecule has 0 amide bonds. The smallest absolute Gasteiger partial charge is 0.319 e. The van der Waals surface area contributed by atoms with Gasteiger partial charge in [0.2, 0.25) is 0 Å². The van der Waals surface area contributed by atoms with Crippen LogP contribution in [-0.4, -0.2) is 96.4 Å². The van der Waals surface area contributed by atoms with Crippen molar-refractivity contribution < 1.29 is 31.8 Å². The molecule has 4 aliphatic rings. The minimum Gasteiger partial charge on any atom is -0.508 e. The van der Waals surface area contributed by atoms with E-state index in [4.69, 9.17) is 20.9 Å². The Morgan fingerprint density at radius 3 is 2.73 bits per heavy atom. The summed E-state index contributed by atoms with van der Waals surface area (Å²) >= 11 is 0. The van der Waals surface area contributed by atoms with Crippen molar-refractivity contribution in [2.45, 2.75) is 68.7 Å². The molecule has 0 radical (unpaired) electrons. The normalized spacial score (nSPS) is 25.7. The molecule has 2 aromatic carbocycles.